The van der Waals surface area contributed by atoms with E-state index < -0.39 is 0 Å². The van der Waals surface area contributed by atoms with Crippen LogP contribution in [0.1, 0.15) is 60.8 Å². The summed E-state index contributed by atoms with van der Waals surface area (Å²) in [4.78, 5) is 0. The van der Waals surface area contributed by atoms with Gasteiger partial charge in [0.1, 0.15) is 0 Å². The fourth-order valence-electron chi connectivity index (χ4n) is 1.32. The van der Waals surface area contributed by atoms with E-state index in [4.69, 9.17) is 0 Å². The molecule has 13 heavy (non-hydrogen) atoms. The van der Waals surface area contributed by atoms with Crippen molar-refractivity contribution in [2.75, 3.05) is 0 Å². The zero-order valence-corrected chi connectivity index (χ0v) is 10.3. The van der Waals surface area contributed by atoms with Crippen LogP contribution in [-0.2, 0) is 0 Å². The lowest BCUT2D eigenvalue weighted by atomic mass is 9.85. The molecule has 0 radical (unpaired) electrons. The van der Waals surface area contributed by atoms with Gasteiger partial charge in [-0.15, -0.1) is 0 Å². The van der Waals surface area contributed by atoms with Crippen molar-refractivity contribution in [3.05, 3.63) is 11.6 Å². The van der Waals surface area contributed by atoms with E-state index in [1.807, 2.05) is 0 Å². The molecule has 0 aromatic heterocycles. The predicted molar refractivity (Wildman–Crippen MR) is 61.9 cm³/mol. The molecule has 0 aliphatic heterocycles. The van der Waals surface area contributed by atoms with Gasteiger partial charge in [0.25, 0.3) is 0 Å². The van der Waals surface area contributed by atoms with Crippen molar-refractivity contribution in [2.24, 2.45) is 11.3 Å². The molecule has 0 spiro atoms. The average molecular weight is 182 g/mol. The molecule has 0 aliphatic rings. The fraction of sp³-hybridized carbons (Fsp3) is 0.846. The molecule has 0 unspecified atom stereocenters. The van der Waals surface area contributed by atoms with Crippen LogP contribution in [0.3, 0.4) is 0 Å². The first-order valence-corrected chi connectivity index (χ1v) is 5.53. The van der Waals surface area contributed by atoms with Crippen LogP contribution < -0.4 is 0 Å². The van der Waals surface area contributed by atoms with E-state index in [0.29, 0.717) is 5.41 Å². The van der Waals surface area contributed by atoms with Gasteiger partial charge in [-0.1, -0.05) is 52.7 Å². The molecular formula is C13H26. The molecule has 0 amide bonds. The molecule has 0 N–H and O–H groups in total. The highest BCUT2D eigenvalue weighted by atomic mass is 14.2. The van der Waals surface area contributed by atoms with Crippen molar-refractivity contribution in [1.29, 1.82) is 0 Å². The fourth-order valence-corrected chi connectivity index (χ4v) is 1.32. The molecule has 0 nitrogen and oxygen atoms in total. The summed E-state index contributed by atoms with van der Waals surface area (Å²) in [7, 11) is 0. The van der Waals surface area contributed by atoms with Crippen molar-refractivity contribution in [1.82, 2.24) is 0 Å². The molecule has 0 aromatic carbocycles. The van der Waals surface area contributed by atoms with Crippen LogP contribution in [0.5, 0.6) is 0 Å². The quantitative estimate of drug-likeness (QED) is 0.535. The van der Waals surface area contributed by atoms with Crippen LogP contribution in [0.2, 0.25) is 0 Å². The molecule has 78 valence electrons. The summed E-state index contributed by atoms with van der Waals surface area (Å²) in [5, 5.41) is 0. The Bertz CT molecular complexity index is 161. The summed E-state index contributed by atoms with van der Waals surface area (Å²) >= 11 is 0. The van der Waals surface area contributed by atoms with Gasteiger partial charge >= 0.3 is 0 Å². The molecule has 0 atom stereocenters. The first kappa shape index (κ1) is 12.7. The molecule has 0 fully saturated rings. The Kier molecular flexibility index (Phi) is 5.36. The SMILES string of the molecule is CCC(C)(C)C/C=C(\C)CC(C)C. The highest BCUT2D eigenvalue weighted by Gasteiger charge is 2.12. The Morgan fingerprint density at radius 2 is 1.85 bits per heavy atom. The summed E-state index contributed by atoms with van der Waals surface area (Å²) in [5.74, 6) is 0.793. The van der Waals surface area contributed by atoms with E-state index in [0.717, 1.165) is 5.92 Å². The molecular weight excluding hydrogens is 156 g/mol. The minimum Gasteiger partial charge on any atom is -0.0851 e. The number of rotatable bonds is 5. The Balaban J connectivity index is 3.96. The van der Waals surface area contributed by atoms with Crippen molar-refractivity contribution in [3.63, 3.8) is 0 Å². The van der Waals surface area contributed by atoms with Crippen LogP contribution in [0.25, 0.3) is 0 Å². The lowest BCUT2D eigenvalue weighted by Gasteiger charge is -2.20. The standard InChI is InChI=1S/C13H26/c1-7-13(5,6)9-8-12(4)10-11(2)3/h8,11H,7,9-10H2,1-6H3/b12-8+. The lowest BCUT2D eigenvalue weighted by Crippen LogP contribution is -2.07. The lowest BCUT2D eigenvalue weighted by molar-refractivity contribution is 0.355. The van der Waals surface area contributed by atoms with Gasteiger partial charge in [-0.25, -0.2) is 0 Å². The summed E-state index contributed by atoms with van der Waals surface area (Å²) in [5.41, 5.74) is 2.04. The van der Waals surface area contributed by atoms with Gasteiger partial charge in [0.15, 0.2) is 0 Å². The Morgan fingerprint density at radius 3 is 2.23 bits per heavy atom. The second-order valence-corrected chi connectivity index (χ2v) is 5.37. The van der Waals surface area contributed by atoms with E-state index in [-0.39, 0.29) is 0 Å². The summed E-state index contributed by atoms with van der Waals surface area (Å²) in [6.45, 7) is 13.8. The van der Waals surface area contributed by atoms with Crippen LogP contribution in [0.4, 0.5) is 0 Å². The largest absolute Gasteiger partial charge is 0.0851 e. The summed E-state index contributed by atoms with van der Waals surface area (Å²) < 4.78 is 0. The van der Waals surface area contributed by atoms with E-state index in [1.165, 1.54) is 19.3 Å². The number of hydrogen-bond acceptors (Lipinski definition) is 0. The zero-order valence-electron chi connectivity index (χ0n) is 10.3. The Hall–Kier alpha value is -0.260. The van der Waals surface area contributed by atoms with Gasteiger partial charge in [-0.05, 0) is 31.1 Å². The van der Waals surface area contributed by atoms with Crippen molar-refractivity contribution in [2.45, 2.75) is 60.8 Å². The van der Waals surface area contributed by atoms with Crippen molar-refractivity contribution < 1.29 is 0 Å². The van der Waals surface area contributed by atoms with Crippen molar-refractivity contribution >= 4 is 0 Å². The summed E-state index contributed by atoms with van der Waals surface area (Å²) in [6, 6.07) is 0. The zero-order chi connectivity index (χ0) is 10.5. The van der Waals surface area contributed by atoms with Gasteiger partial charge in [-0.2, -0.15) is 0 Å². The van der Waals surface area contributed by atoms with Crippen molar-refractivity contribution in [3.8, 4) is 0 Å². The molecule has 0 aromatic rings. The van der Waals surface area contributed by atoms with Gasteiger partial charge in [0.2, 0.25) is 0 Å². The number of hydrogen-bond donors (Lipinski definition) is 0. The Morgan fingerprint density at radius 1 is 1.31 bits per heavy atom. The third kappa shape index (κ3) is 6.86. The van der Waals surface area contributed by atoms with Gasteiger partial charge in [-0.3, -0.25) is 0 Å². The molecule has 0 rings (SSSR count). The highest BCUT2D eigenvalue weighted by molar-refractivity contribution is 5.00. The maximum atomic E-state index is 2.42. The molecule has 0 aliphatic carbocycles. The second kappa shape index (κ2) is 5.47. The van der Waals surface area contributed by atoms with Gasteiger partial charge in [0, 0.05) is 0 Å². The smallest absolute Gasteiger partial charge is 0.0297 e. The molecule has 0 saturated heterocycles. The molecule has 0 saturated carbocycles. The normalized spacial score (nSPS) is 13.9. The first-order chi connectivity index (χ1) is 5.87. The van der Waals surface area contributed by atoms with E-state index in [1.54, 1.807) is 5.57 Å². The van der Waals surface area contributed by atoms with Crippen LogP contribution in [-0.4, -0.2) is 0 Å². The van der Waals surface area contributed by atoms with Crippen LogP contribution in [0.15, 0.2) is 11.6 Å². The van der Waals surface area contributed by atoms with E-state index in [2.05, 4.69) is 47.6 Å². The molecule has 0 heteroatoms. The topological polar surface area (TPSA) is 0 Å². The van der Waals surface area contributed by atoms with Crippen LogP contribution in [0, 0.1) is 11.3 Å². The van der Waals surface area contributed by atoms with Gasteiger partial charge in [0.05, 0.1) is 0 Å². The highest BCUT2D eigenvalue weighted by Crippen LogP contribution is 2.26. The average Bonchev–Trinajstić information content (AvgIpc) is 2.00. The van der Waals surface area contributed by atoms with Crippen LogP contribution >= 0.6 is 0 Å². The predicted octanol–water partition coefficient (Wildman–Crippen LogP) is 4.81. The maximum Gasteiger partial charge on any atom is -0.0297 e. The number of allylic oxidation sites excluding steroid dienone is 2. The summed E-state index contributed by atoms with van der Waals surface area (Å²) in [6.07, 6.45) is 6.16. The van der Waals surface area contributed by atoms with Gasteiger partial charge < -0.3 is 0 Å². The Labute approximate surface area is 84.4 Å². The molecule has 0 bridgehead atoms. The monoisotopic (exact) mass is 182 g/mol. The first-order valence-electron chi connectivity index (χ1n) is 5.53. The third-order valence-corrected chi connectivity index (χ3v) is 2.69. The van der Waals surface area contributed by atoms with E-state index in [9.17, 15) is 0 Å². The second-order valence-electron chi connectivity index (χ2n) is 5.37. The molecule has 0 heterocycles. The minimum atomic E-state index is 0.484. The maximum absolute atomic E-state index is 2.42. The minimum absolute atomic E-state index is 0.484. The third-order valence-electron chi connectivity index (χ3n) is 2.69. The van der Waals surface area contributed by atoms with E-state index >= 15 is 0 Å².